The molecule has 0 saturated heterocycles. The van der Waals surface area contributed by atoms with Crippen molar-refractivity contribution in [2.24, 2.45) is 0 Å². The van der Waals surface area contributed by atoms with Crippen molar-refractivity contribution in [1.82, 2.24) is 0 Å². The average Bonchev–Trinajstić information content (AvgIpc) is 2.26. The Balaban J connectivity index is 2.81. The minimum absolute atomic E-state index is 0.0504. The minimum atomic E-state index is -0.837. The van der Waals surface area contributed by atoms with E-state index in [-0.39, 0.29) is 16.7 Å². The molecule has 0 aliphatic heterocycles. The summed E-state index contributed by atoms with van der Waals surface area (Å²) in [6.07, 6.45) is 2.37. The summed E-state index contributed by atoms with van der Waals surface area (Å²) in [4.78, 5) is 10.6. The molecule has 2 unspecified atom stereocenters. The summed E-state index contributed by atoms with van der Waals surface area (Å²) in [5.74, 6) is 0.591. The van der Waals surface area contributed by atoms with E-state index in [9.17, 15) is 14.3 Å². The molecule has 1 aromatic rings. The highest BCUT2D eigenvalue weighted by atomic mass is 32.2. The number of hydrogen-bond donors (Lipinski definition) is 1. The minimum Gasteiger partial charge on any atom is -0.377 e. The Bertz CT molecular complexity index is 463. The summed E-state index contributed by atoms with van der Waals surface area (Å²) in [5, 5.41) is 14.1. The van der Waals surface area contributed by atoms with Crippen molar-refractivity contribution in [1.29, 1.82) is 0 Å². The molecule has 1 aromatic carbocycles. The van der Waals surface area contributed by atoms with Gasteiger partial charge >= 0.3 is 0 Å². The van der Waals surface area contributed by atoms with E-state index >= 15 is 0 Å². The first-order chi connectivity index (χ1) is 8.41. The van der Waals surface area contributed by atoms with Crippen LogP contribution in [-0.4, -0.2) is 27.2 Å². The van der Waals surface area contributed by atoms with Gasteiger partial charge in [0, 0.05) is 34.4 Å². The van der Waals surface area contributed by atoms with E-state index in [1.807, 2.05) is 6.92 Å². The predicted octanol–water partition coefficient (Wildman–Crippen LogP) is 2.47. The molecule has 1 N–H and O–H groups in total. The lowest BCUT2D eigenvalue weighted by Crippen LogP contribution is -2.18. The number of benzene rings is 1. The maximum atomic E-state index is 11.0. The standard InChI is InChI=1S/C12H18N2O3S/c1-9-5-4-6-11(12(9)14(15)16)13-10(2)7-8-18(3)17/h4-6,10,13H,7-8H2,1-3H3. The Kier molecular flexibility index (Phi) is 5.27. The van der Waals surface area contributed by atoms with E-state index in [0.717, 1.165) is 0 Å². The van der Waals surface area contributed by atoms with Crippen molar-refractivity contribution in [3.63, 3.8) is 0 Å². The SMILES string of the molecule is Cc1cccc(NC(C)CCS(C)=O)c1[N+](=O)[O-]. The molecule has 0 aliphatic rings. The number of nitrogens with zero attached hydrogens (tertiary/aromatic N) is 1. The van der Waals surface area contributed by atoms with Crippen molar-refractivity contribution in [2.75, 3.05) is 17.3 Å². The van der Waals surface area contributed by atoms with Crippen molar-refractivity contribution in [3.8, 4) is 0 Å². The van der Waals surface area contributed by atoms with Gasteiger partial charge < -0.3 is 5.32 Å². The molecule has 1 rings (SSSR count). The van der Waals surface area contributed by atoms with E-state index in [4.69, 9.17) is 0 Å². The second-order valence-electron chi connectivity index (χ2n) is 4.34. The maximum Gasteiger partial charge on any atom is 0.295 e. The van der Waals surface area contributed by atoms with E-state index in [1.165, 1.54) is 0 Å². The zero-order valence-electron chi connectivity index (χ0n) is 10.8. The largest absolute Gasteiger partial charge is 0.377 e. The van der Waals surface area contributed by atoms with Crippen LogP contribution >= 0.6 is 0 Å². The van der Waals surface area contributed by atoms with Crippen molar-refractivity contribution in [2.45, 2.75) is 26.3 Å². The van der Waals surface area contributed by atoms with Gasteiger partial charge in [0.25, 0.3) is 5.69 Å². The molecule has 100 valence electrons. The van der Waals surface area contributed by atoms with Crippen LogP contribution in [0.4, 0.5) is 11.4 Å². The van der Waals surface area contributed by atoms with Gasteiger partial charge in [-0.25, -0.2) is 0 Å². The third kappa shape index (κ3) is 4.10. The van der Waals surface area contributed by atoms with Gasteiger partial charge in [-0.1, -0.05) is 12.1 Å². The Labute approximate surface area is 109 Å². The van der Waals surface area contributed by atoms with Crippen LogP contribution in [0.2, 0.25) is 0 Å². The number of para-hydroxylation sites is 1. The summed E-state index contributed by atoms with van der Waals surface area (Å²) in [6.45, 7) is 3.65. The molecular weight excluding hydrogens is 252 g/mol. The molecule has 2 atom stereocenters. The van der Waals surface area contributed by atoms with Crippen LogP contribution in [0.5, 0.6) is 0 Å². The van der Waals surface area contributed by atoms with Gasteiger partial charge in [0.05, 0.1) is 4.92 Å². The number of hydrogen-bond acceptors (Lipinski definition) is 4. The van der Waals surface area contributed by atoms with Crippen LogP contribution < -0.4 is 5.32 Å². The van der Waals surface area contributed by atoms with E-state index in [1.54, 1.807) is 31.4 Å². The van der Waals surface area contributed by atoms with Crippen LogP contribution in [0.25, 0.3) is 0 Å². The molecular formula is C12H18N2O3S. The molecule has 0 bridgehead atoms. The molecule has 18 heavy (non-hydrogen) atoms. The summed E-state index contributed by atoms with van der Waals surface area (Å²) in [6, 6.07) is 5.25. The molecule has 0 spiro atoms. The molecule has 5 nitrogen and oxygen atoms in total. The number of aryl methyl sites for hydroxylation is 1. The zero-order chi connectivity index (χ0) is 13.7. The fraction of sp³-hybridized carbons (Fsp3) is 0.500. The number of rotatable bonds is 6. The maximum absolute atomic E-state index is 11.0. The highest BCUT2D eigenvalue weighted by Crippen LogP contribution is 2.28. The summed E-state index contributed by atoms with van der Waals surface area (Å²) >= 11 is 0. The molecule has 0 saturated carbocycles. The Morgan fingerprint density at radius 1 is 1.50 bits per heavy atom. The van der Waals surface area contributed by atoms with Crippen molar-refractivity contribution in [3.05, 3.63) is 33.9 Å². The highest BCUT2D eigenvalue weighted by Gasteiger charge is 2.17. The molecule has 0 amide bonds. The fourth-order valence-corrected chi connectivity index (χ4v) is 2.38. The molecule has 0 heterocycles. The molecule has 0 fully saturated rings. The van der Waals surface area contributed by atoms with Crippen molar-refractivity contribution < 1.29 is 9.13 Å². The smallest absolute Gasteiger partial charge is 0.295 e. The zero-order valence-corrected chi connectivity index (χ0v) is 11.6. The van der Waals surface area contributed by atoms with Crippen LogP contribution in [-0.2, 0) is 10.8 Å². The van der Waals surface area contributed by atoms with E-state index in [0.29, 0.717) is 23.4 Å². The van der Waals surface area contributed by atoms with E-state index < -0.39 is 10.8 Å². The number of nitro benzene ring substituents is 1. The topological polar surface area (TPSA) is 72.2 Å². The van der Waals surface area contributed by atoms with E-state index in [2.05, 4.69) is 5.32 Å². The molecule has 0 aliphatic carbocycles. The van der Waals surface area contributed by atoms with Gasteiger partial charge in [0.1, 0.15) is 5.69 Å². The first-order valence-corrected chi connectivity index (χ1v) is 7.45. The van der Waals surface area contributed by atoms with Gasteiger partial charge in [0.15, 0.2) is 0 Å². The van der Waals surface area contributed by atoms with Gasteiger partial charge in [0.2, 0.25) is 0 Å². The normalized spacial score (nSPS) is 13.9. The highest BCUT2D eigenvalue weighted by molar-refractivity contribution is 7.84. The number of nitrogens with one attached hydrogen (secondary N) is 1. The summed E-state index contributed by atoms with van der Waals surface area (Å²) in [5.41, 5.74) is 1.27. The quantitative estimate of drug-likeness (QED) is 0.636. The van der Waals surface area contributed by atoms with Gasteiger partial charge in [-0.2, -0.15) is 0 Å². The number of anilines is 1. The third-order valence-corrected chi connectivity index (χ3v) is 3.47. The molecule has 0 aromatic heterocycles. The molecule has 6 heteroatoms. The van der Waals surface area contributed by atoms with Gasteiger partial charge in [-0.15, -0.1) is 0 Å². The first kappa shape index (κ1) is 14.6. The average molecular weight is 270 g/mol. The fourth-order valence-electron chi connectivity index (χ4n) is 1.70. The summed E-state index contributed by atoms with van der Waals surface area (Å²) in [7, 11) is -0.837. The van der Waals surface area contributed by atoms with Crippen LogP contribution in [0.1, 0.15) is 18.9 Å². The van der Waals surface area contributed by atoms with Crippen LogP contribution in [0, 0.1) is 17.0 Å². The Hall–Kier alpha value is -1.43. The monoisotopic (exact) mass is 270 g/mol. The number of nitro groups is 1. The Morgan fingerprint density at radius 2 is 2.17 bits per heavy atom. The first-order valence-electron chi connectivity index (χ1n) is 5.72. The van der Waals surface area contributed by atoms with Crippen LogP contribution in [0.15, 0.2) is 18.2 Å². The van der Waals surface area contributed by atoms with Gasteiger partial charge in [-0.3, -0.25) is 14.3 Å². The second-order valence-corrected chi connectivity index (χ2v) is 5.89. The lowest BCUT2D eigenvalue weighted by atomic mass is 10.1. The lowest BCUT2D eigenvalue weighted by Gasteiger charge is -2.15. The van der Waals surface area contributed by atoms with Gasteiger partial charge in [-0.05, 0) is 26.3 Å². The third-order valence-electron chi connectivity index (χ3n) is 2.66. The second kappa shape index (κ2) is 6.49. The predicted molar refractivity (Wildman–Crippen MR) is 74.5 cm³/mol. The lowest BCUT2D eigenvalue weighted by molar-refractivity contribution is -0.384. The Morgan fingerprint density at radius 3 is 2.72 bits per heavy atom. The molecule has 0 radical (unpaired) electrons. The van der Waals surface area contributed by atoms with Crippen LogP contribution in [0.3, 0.4) is 0 Å². The summed E-state index contributed by atoms with van der Waals surface area (Å²) < 4.78 is 11.0. The van der Waals surface area contributed by atoms with Crippen molar-refractivity contribution >= 4 is 22.2 Å².